The SMILES string of the molecule is O=C(O)/C=C/C(=O)Nc1ccc(SC(C(=O)Nc2ccc(Cl)cc2)c2ccccc2)cc1. The van der Waals surface area contributed by atoms with Crippen molar-refractivity contribution in [2.75, 3.05) is 10.6 Å². The third-order valence-corrected chi connectivity index (χ3v) is 5.72. The zero-order valence-corrected chi connectivity index (χ0v) is 18.3. The van der Waals surface area contributed by atoms with Gasteiger partial charge in [0.1, 0.15) is 5.25 Å². The molecule has 0 saturated heterocycles. The van der Waals surface area contributed by atoms with Gasteiger partial charge >= 0.3 is 5.97 Å². The number of nitrogens with one attached hydrogen (secondary N) is 2. The second kappa shape index (κ2) is 11.2. The van der Waals surface area contributed by atoms with Crippen LogP contribution in [0.2, 0.25) is 5.02 Å². The molecule has 0 aromatic heterocycles. The first-order chi connectivity index (χ1) is 15.4. The Kier molecular flexibility index (Phi) is 8.08. The maximum Gasteiger partial charge on any atom is 0.328 e. The van der Waals surface area contributed by atoms with Crippen LogP contribution in [0.5, 0.6) is 0 Å². The molecular weight excluding hydrogens is 448 g/mol. The van der Waals surface area contributed by atoms with E-state index in [1.165, 1.54) is 11.8 Å². The zero-order chi connectivity index (χ0) is 22.9. The van der Waals surface area contributed by atoms with Gasteiger partial charge in [-0.25, -0.2) is 4.79 Å². The van der Waals surface area contributed by atoms with E-state index in [1.54, 1.807) is 48.5 Å². The van der Waals surface area contributed by atoms with E-state index in [2.05, 4.69) is 10.6 Å². The Hall–Kier alpha value is -3.55. The summed E-state index contributed by atoms with van der Waals surface area (Å²) in [5.74, 6) is -1.92. The number of anilines is 2. The number of carbonyl (C=O) groups is 3. The summed E-state index contributed by atoms with van der Waals surface area (Å²) in [6, 6.07) is 23.3. The number of aliphatic carboxylic acids is 1. The number of halogens is 1. The van der Waals surface area contributed by atoms with Crippen LogP contribution in [-0.4, -0.2) is 22.9 Å². The molecule has 0 fully saturated rings. The smallest absolute Gasteiger partial charge is 0.328 e. The third kappa shape index (κ3) is 7.01. The Bertz CT molecular complexity index is 1120. The summed E-state index contributed by atoms with van der Waals surface area (Å²) in [5, 5.41) is 14.2. The Morgan fingerprint density at radius 2 is 1.41 bits per heavy atom. The summed E-state index contributed by atoms with van der Waals surface area (Å²) < 4.78 is 0. The molecule has 3 aromatic rings. The van der Waals surface area contributed by atoms with Crippen molar-refractivity contribution in [3.63, 3.8) is 0 Å². The molecule has 2 amide bonds. The molecule has 3 rings (SSSR count). The normalized spacial score (nSPS) is 11.7. The summed E-state index contributed by atoms with van der Waals surface area (Å²) in [5.41, 5.74) is 2.00. The number of benzene rings is 3. The van der Waals surface area contributed by atoms with Gasteiger partial charge in [0.05, 0.1) is 0 Å². The van der Waals surface area contributed by atoms with Crippen LogP contribution >= 0.6 is 23.4 Å². The lowest BCUT2D eigenvalue weighted by atomic mass is 10.1. The molecule has 3 N–H and O–H groups in total. The molecule has 0 aliphatic heterocycles. The van der Waals surface area contributed by atoms with E-state index in [-0.39, 0.29) is 5.91 Å². The van der Waals surface area contributed by atoms with Gasteiger partial charge in [0.15, 0.2) is 0 Å². The first-order valence-corrected chi connectivity index (χ1v) is 10.8. The maximum atomic E-state index is 13.1. The number of amides is 2. The molecule has 0 spiro atoms. The molecule has 0 bridgehead atoms. The van der Waals surface area contributed by atoms with Crippen molar-refractivity contribution in [3.8, 4) is 0 Å². The van der Waals surface area contributed by atoms with Gasteiger partial charge in [-0.2, -0.15) is 0 Å². The van der Waals surface area contributed by atoms with Crippen LogP contribution in [0.1, 0.15) is 10.8 Å². The highest BCUT2D eigenvalue weighted by Gasteiger charge is 2.22. The van der Waals surface area contributed by atoms with Crippen molar-refractivity contribution in [1.29, 1.82) is 0 Å². The molecule has 0 aliphatic rings. The quantitative estimate of drug-likeness (QED) is 0.305. The molecule has 0 saturated carbocycles. The minimum absolute atomic E-state index is 0.181. The van der Waals surface area contributed by atoms with Gasteiger partial charge in [-0.15, -0.1) is 11.8 Å². The number of hydrogen-bond donors (Lipinski definition) is 3. The molecule has 1 unspecified atom stereocenters. The van der Waals surface area contributed by atoms with Crippen LogP contribution in [0.3, 0.4) is 0 Å². The maximum absolute atomic E-state index is 13.1. The number of carboxylic acids is 1. The Morgan fingerprint density at radius 1 is 0.812 bits per heavy atom. The van der Waals surface area contributed by atoms with E-state index >= 15 is 0 Å². The van der Waals surface area contributed by atoms with Gasteiger partial charge in [-0.1, -0.05) is 41.9 Å². The van der Waals surface area contributed by atoms with Crippen molar-refractivity contribution in [2.45, 2.75) is 10.1 Å². The van der Waals surface area contributed by atoms with E-state index in [4.69, 9.17) is 16.7 Å². The monoisotopic (exact) mass is 466 g/mol. The fraction of sp³-hybridized carbons (Fsp3) is 0.0417. The van der Waals surface area contributed by atoms with Crippen LogP contribution in [0.4, 0.5) is 11.4 Å². The minimum atomic E-state index is -1.20. The molecule has 0 radical (unpaired) electrons. The van der Waals surface area contributed by atoms with Crippen molar-refractivity contribution < 1.29 is 19.5 Å². The van der Waals surface area contributed by atoms with Gasteiger partial charge in [-0.3, -0.25) is 9.59 Å². The molecule has 6 nitrogen and oxygen atoms in total. The first kappa shape index (κ1) is 23.1. The largest absolute Gasteiger partial charge is 0.478 e. The second-order valence-electron chi connectivity index (χ2n) is 6.59. The van der Waals surface area contributed by atoms with Crippen molar-refractivity contribution >= 4 is 52.5 Å². The molecular formula is C24H19ClN2O4S. The molecule has 0 heterocycles. The van der Waals surface area contributed by atoms with E-state index in [0.29, 0.717) is 16.4 Å². The van der Waals surface area contributed by atoms with Gasteiger partial charge in [-0.05, 0) is 54.1 Å². The van der Waals surface area contributed by atoms with E-state index in [0.717, 1.165) is 22.6 Å². The predicted molar refractivity (Wildman–Crippen MR) is 127 cm³/mol. The van der Waals surface area contributed by atoms with Gasteiger partial charge in [0, 0.05) is 33.4 Å². The fourth-order valence-electron chi connectivity index (χ4n) is 2.73. The number of rotatable bonds is 8. The van der Waals surface area contributed by atoms with Crippen molar-refractivity contribution in [1.82, 2.24) is 0 Å². The van der Waals surface area contributed by atoms with Crippen molar-refractivity contribution in [3.05, 3.63) is 102 Å². The van der Waals surface area contributed by atoms with Crippen LogP contribution < -0.4 is 10.6 Å². The Labute approximate surface area is 194 Å². The summed E-state index contributed by atoms with van der Waals surface area (Å²) in [6.45, 7) is 0. The molecule has 8 heteroatoms. The Morgan fingerprint density at radius 3 is 2.03 bits per heavy atom. The number of hydrogen-bond acceptors (Lipinski definition) is 4. The molecule has 3 aromatic carbocycles. The second-order valence-corrected chi connectivity index (χ2v) is 8.20. The molecule has 1 atom stereocenters. The summed E-state index contributed by atoms with van der Waals surface area (Å²) >= 11 is 7.29. The van der Waals surface area contributed by atoms with E-state index in [9.17, 15) is 14.4 Å². The average molecular weight is 467 g/mol. The van der Waals surface area contributed by atoms with E-state index < -0.39 is 17.1 Å². The van der Waals surface area contributed by atoms with Gasteiger partial charge in [0.2, 0.25) is 11.8 Å². The molecule has 32 heavy (non-hydrogen) atoms. The standard InChI is InChI=1S/C24H19ClN2O4S/c25-17-6-8-19(9-7-17)27-24(31)23(16-4-2-1-3-5-16)32-20-12-10-18(11-13-20)26-21(28)14-15-22(29)30/h1-15,23H,(H,26,28)(H,27,31)(H,29,30)/b15-14+. The fourth-order valence-corrected chi connectivity index (χ4v) is 3.88. The van der Waals surface area contributed by atoms with Crippen LogP contribution in [0.15, 0.2) is 95.9 Å². The number of carbonyl (C=O) groups excluding carboxylic acids is 2. The topological polar surface area (TPSA) is 95.5 Å². The van der Waals surface area contributed by atoms with Crippen LogP contribution in [0.25, 0.3) is 0 Å². The average Bonchev–Trinajstić information content (AvgIpc) is 2.79. The summed E-state index contributed by atoms with van der Waals surface area (Å²) in [4.78, 5) is 36.1. The highest BCUT2D eigenvalue weighted by Crippen LogP contribution is 2.36. The molecule has 0 aliphatic carbocycles. The summed E-state index contributed by atoms with van der Waals surface area (Å²) in [6.07, 6.45) is 1.71. The van der Waals surface area contributed by atoms with Gasteiger partial charge in [0.25, 0.3) is 0 Å². The number of carboxylic acid groups (broad SMARTS) is 1. The lowest BCUT2D eigenvalue weighted by molar-refractivity contribution is -0.131. The first-order valence-electron chi connectivity index (χ1n) is 9.51. The van der Waals surface area contributed by atoms with Crippen molar-refractivity contribution in [2.24, 2.45) is 0 Å². The molecule has 162 valence electrons. The van der Waals surface area contributed by atoms with Gasteiger partial charge < -0.3 is 15.7 Å². The minimum Gasteiger partial charge on any atom is -0.478 e. The Balaban J connectivity index is 1.73. The lowest BCUT2D eigenvalue weighted by Gasteiger charge is -2.17. The van der Waals surface area contributed by atoms with Crippen LogP contribution in [0, 0.1) is 0 Å². The highest BCUT2D eigenvalue weighted by atomic mass is 35.5. The summed E-state index contributed by atoms with van der Waals surface area (Å²) in [7, 11) is 0. The number of thioether (sulfide) groups is 1. The van der Waals surface area contributed by atoms with E-state index in [1.807, 2.05) is 30.3 Å². The zero-order valence-electron chi connectivity index (χ0n) is 16.7. The predicted octanol–water partition coefficient (Wildman–Crippen LogP) is 5.39. The third-order valence-electron chi connectivity index (χ3n) is 4.21. The highest BCUT2D eigenvalue weighted by molar-refractivity contribution is 8.00. The van der Waals surface area contributed by atoms with Crippen LogP contribution in [-0.2, 0) is 14.4 Å². The lowest BCUT2D eigenvalue weighted by Crippen LogP contribution is -2.19.